The highest BCUT2D eigenvalue weighted by Crippen LogP contribution is 2.31. The second-order valence-electron chi connectivity index (χ2n) is 6.23. The van der Waals surface area contributed by atoms with Crippen LogP contribution < -0.4 is 0 Å². The fourth-order valence-electron chi connectivity index (χ4n) is 3.00. The lowest BCUT2D eigenvalue weighted by Gasteiger charge is -2.34. The normalized spacial score (nSPS) is 16.4. The lowest BCUT2D eigenvalue weighted by molar-refractivity contribution is 0.0697. The minimum Gasteiger partial charge on any atom is -0.478 e. The predicted octanol–water partition coefficient (Wildman–Crippen LogP) is 3.20. The Kier molecular flexibility index (Phi) is 6.08. The Bertz CT molecular complexity index is 920. The molecule has 1 aliphatic heterocycles. The van der Waals surface area contributed by atoms with Gasteiger partial charge in [-0.1, -0.05) is 41.4 Å². The average molecular weight is 429 g/mol. The molecule has 1 heterocycles. The molecular weight excluding hydrogens is 411 g/mol. The summed E-state index contributed by atoms with van der Waals surface area (Å²) in [6.45, 7) is 2.40. The standard InChI is InChI=1S/C18H18Cl2N2O4S/c19-15-2-1-3-16(20)17(15)27(25,26)22-10-8-21(9-11-22)12-13-4-6-14(7-5-13)18(23)24/h1-7H,8-12H2,(H,23,24). The summed E-state index contributed by atoms with van der Waals surface area (Å²) < 4.78 is 27.1. The van der Waals surface area contributed by atoms with Crippen LogP contribution in [0.5, 0.6) is 0 Å². The minimum atomic E-state index is -3.76. The summed E-state index contributed by atoms with van der Waals surface area (Å²) in [6, 6.07) is 11.3. The van der Waals surface area contributed by atoms with E-state index in [9.17, 15) is 13.2 Å². The molecule has 0 aromatic heterocycles. The van der Waals surface area contributed by atoms with Crippen molar-refractivity contribution >= 4 is 39.2 Å². The second-order valence-corrected chi connectivity index (χ2v) is 8.92. The summed E-state index contributed by atoms with van der Waals surface area (Å²) in [6.07, 6.45) is 0. The van der Waals surface area contributed by atoms with Crippen molar-refractivity contribution in [2.75, 3.05) is 26.2 Å². The number of piperazine rings is 1. The van der Waals surface area contributed by atoms with E-state index in [0.717, 1.165) is 5.56 Å². The summed E-state index contributed by atoms with van der Waals surface area (Å²) >= 11 is 12.1. The Labute approximate surface area is 168 Å². The van der Waals surface area contributed by atoms with Gasteiger partial charge in [-0.05, 0) is 29.8 Å². The molecule has 0 unspecified atom stereocenters. The van der Waals surface area contributed by atoms with E-state index >= 15 is 0 Å². The summed E-state index contributed by atoms with van der Waals surface area (Å²) in [5, 5.41) is 9.17. The van der Waals surface area contributed by atoms with E-state index in [4.69, 9.17) is 28.3 Å². The molecule has 0 saturated carbocycles. The van der Waals surface area contributed by atoms with Crippen molar-refractivity contribution in [3.8, 4) is 0 Å². The predicted molar refractivity (Wildman–Crippen MR) is 104 cm³/mol. The Balaban J connectivity index is 1.65. The fourth-order valence-corrected chi connectivity index (χ4v) is 5.51. The van der Waals surface area contributed by atoms with Gasteiger partial charge in [0.15, 0.2) is 0 Å². The second kappa shape index (κ2) is 8.16. The van der Waals surface area contributed by atoms with Crippen molar-refractivity contribution in [2.45, 2.75) is 11.4 Å². The van der Waals surface area contributed by atoms with Gasteiger partial charge >= 0.3 is 5.97 Å². The number of aromatic carboxylic acids is 1. The molecule has 144 valence electrons. The molecule has 27 heavy (non-hydrogen) atoms. The van der Waals surface area contributed by atoms with Crippen molar-refractivity contribution in [1.29, 1.82) is 0 Å². The van der Waals surface area contributed by atoms with Gasteiger partial charge < -0.3 is 5.11 Å². The third-order valence-electron chi connectivity index (χ3n) is 4.46. The number of hydrogen-bond acceptors (Lipinski definition) is 4. The van der Waals surface area contributed by atoms with Crippen molar-refractivity contribution in [3.05, 3.63) is 63.6 Å². The molecule has 0 bridgehead atoms. The zero-order valence-electron chi connectivity index (χ0n) is 14.3. The van der Waals surface area contributed by atoms with E-state index in [1.165, 1.54) is 16.4 Å². The maximum absolute atomic E-state index is 12.9. The van der Waals surface area contributed by atoms with Gasteiger partial charge in [0.05, 0.1) is 15.6 Å². The molecule has 1 saturated heterocycles. The third-order valence-corrected chi connectivity index (χ3v) is 7.31. The smallest absolute Gasteiger partial charge is 0.335 e. The number of halogens is 2. The molecule has 0 spiro atoms. The maximum atomic E-state index is 12.9. The molecule has 9 heteroatoms. The van der Waals surface area contributed by atoms with Crippen molar-refractivity contribution in [3.63, 3.8) is 0 Å². The van der Waals surface area contributed by atoms with Crippen molar-refractivity contribution in [2.24, 2.45) is 0 Å². The van der Waals surface area contributed by atoms with E-state index in [0.29, 0.717) is 32.7 Å². The average Bonchev–Trinajstić information content (AvgIpc) is 2.62. The minimum absolute atomic E-state index is 0.0500. The van der Waals surface area contributed by atoms with E-state index < -0.39 is 16.0 Å². The van der Waals surface area contributed by atoms with Crippen LogP contribution >= 0.6 is 23.2 Å². The Hall–Kier alpha value is -1.64. The zero-order valence-corrected chi connectivity index (χ0v) is 16.6. The van der Waals surface area contributed by atoms with Gasteiger partial charge in [0, 0.05) is 32.7 Å². The molecule has 0 atom stereocenters. The molecule has 1 N–H and O–H groups in total. The van der Waals surface area contributed by atoms with Crippen LogP contribution in [-0.4, -0.2) is 54.9 Å². The first-order valence-corrected chi connectivity index (χ1v) is 10.5. The van der Waals surface area contributed by atoms with Crippen LogP contribution in [0.2, 0.25) is 10.0 Å². The number of hydrogen-bond donors (Lipinski definition) is 1. The van der Waals surface area contributed by atoms with E-state index in [-0.39, 0.29) is 20.5 Å². The quantitative estimate of drug-likeness (QED) is 0.790. The first-order chi connectivity index (χ1) is 12.8. The number of carbonyl (C=O) groups is 1. The van der Waals surface area contributed by atoms with Crippen LogP contribution in [0.1, 0.15) is 15.9 Å². The number of benzene rings is 2. The van der Waals surface area contributed by atoms with Crippen molar-refractivity contribution < 1.29 is 18.3 Å². The van der Waals surface area contributed by atoms with Crippen LogP contribution in [0.25, 0.3) is 0 Å². The number of nitrogens with zero attached hydrogens (tertiary/aromatic N) is 2. The van der Waals surface area contributed by atoms with Gasteiger partial charge in [0.1, 0.15) is 4.90 Å². The van der Waals surface area contributed by atoms with E-state index in [1.807, 2.05) is 0 Å². The molecule has 1 fully saturated rings. The summed E-state index contributed by atoms with van der Waals surface area (Å²) in [4.78, 5) is 13.0. The third kappa shape index (κ3) is 4.44. The van der Waals surface area contributed by atoms with Gasteiger partial charge in [0.2, 0.25) is 10.0 Å². The largest absolute Gasteiger partial charge is 0.478 e. The molecule has 2 aromatic rings. The van der Waals surface area contributed by atoms with Gasteiger partial charge in [-0.25, -0.2) is 13.2 Å². The van der Waals surface area contributed by atoms with Gasteiger partial charge in [-0.15, -0.1) is 0 Å². The zero-order chi connectivity index (χ0) is 19.6. The Morgan fingerprint density at radius 3 is 2.04 bits per heavy atom. The van der Waals surface area contributed by atoms with Crippen LogP contribution in [0.3, 0.4) is 0 Å². The molecule has 3 rings (SSSR count). The maximum Gasteiger partial charge on any atom is 0.335 e. The van der Waals surface area contributed by atoms with Crippen LogP contribution in [0.15, 0.2) is 47.4 Å². The number of carboxylic acids is 1. The summed E-state index contributed by atoms with van der Waals surface area (Å²) in [5.74, 6) is -0.960. The molecule has 1 aliphatic rings. The SMILES string of the molecule is O=C(O)c1ccc(CN2CCN(S(=O)(=O)c3c(Cl)cccc3Cl)CC2)cc1. The van der Waals surface area contributed by atoms with Gasteiger partial charge in [-0.3, -0.25) is 4.90 Å². The highest BCUT2D eigenvalue weighted by Gasteiger charge is 2.31. The topological polar surface area (TPSA) is 77.9 Å². The van der Waals surface area contributed by atoms with E-state index in [1.54, 1.807) is 30.3 Å². The Morgan fingerprint density at radius 1 is 0.963 bits per heavy atom. The monoisotopic (exact) mass is 428 g/mol. The lowest BCUT2D eigenvalue weighted by Crippen LogP contribution is -2.48. The Morgan fingerprint density at radius 2 is 1.52 bits per heavy atom. The first kappa shape index (κ1) is 20.1. The summed E-state index contributed by atoms with van der Waals surface area (Å²) in [7, 11) is -3.76. The molecule has 0 radical (unpaired) electrons. The van der Waals surface area contributed by atoms with Crippen LogP contribution in [0, 0.1) is 0 Å². The van der Waals surface area contributed by atoms with E-state index in [2.05, 4.69) is 4.90 Å². The number of carboxylic acid groups (broad SMARTS) is 1. The number of sulfonamides is 1. The molecule has 2 aromatic carbocycles. The number of rotatable bonds is 5. The summed E-state index contributed by atoms with van der Waals surface area (Å²) in [5.41, 5.74) is 1.22. The van der Waals surface area contributed by atoms with Crippen LogP contribution in [0.4, 0.5) is 0 Å². The van der Waals surface area contributed by atoms with Crippen molar-refractivity contribution in [1.82, 2.24) is 9.21 Å². The first-order valence-electron chi connectivity index (χ1n) is 8.28. The molecule has 0 amide bonds. The lowest BCUT2D eigenvalue weighted by atomic mass is 10.1. The highest BCUT2D eigenvalue weighted by molar-refractivity contribution is 7.89. The molecular formula is C18H18Cl2N2O4S. The van der Waals surface area contributed by atoms with Gasteiger partial charge in [0.25, 0.3) is 0 Å². The molecule has 0 aliphatic carbocycles. The van der Waals surface area contributed by atoms with Gasteiger partial charge in [-0.2, -0.15) is 4.31 Å². The molecule has 6 nitrogen and oxygen atoms in total. The fraction of sp³-hybridized carbons (Fsp3) is 0.278. The van der Waals surface area contributed by atoms with Crippen LogP contribution in [-0.2, 0) is 16.6 Å². The highest BCUT2D eigenvalue weighted by atomic mass is 35.5.